The average molecular weight is 422 g/mol. The Morgan fingerprint density at radius 2 is 1.54 bits per heavy atom. The Balaban J connectivity index is 2.23. The van der Waals surface area contributed by atoms with Gasteiger partial charge in [-0.05, 0) is 48.9 Å². The molecule has 2 aromatic carbocycles. The number of hydrogen-bond acceptors (Lipinski definition) is 6. The molecule has 6 nitrogen and oxygen atoms in total. The second-order valence-corrected chi connectivity index (χ2v) is 7.45. The van der Waals surface area contributed by atoms with Crippen molar-refractivity contribution in [3.05, 3.63) is 58.6 Å². The van der Waals surface area contributed by atoms with E-state index in [0.29, 0.717) is 17.1 Å². The Morgan fingerprint density at radius 3 is 2.00 bits per heavy atom. The topological polar surface area (TPSA) is 81.7 Å². The van der Waals surface area contributed by atoms with Crippen LogP contribution in [-0.2, 0) is 14.3 Å². The number of benzene rings is 2. The van der Waals surface area contributed by atoms with Gasteiger partial charge in [0, 0.05) is 15.6 Å². The highest BCUT2D eigenvalue weighted by molar-refractivity contribution is 8.00. The molecule has 0 aliphatic rings. The van der Waals surface area contributed by atoms with Crippen molar-refractivity contribution in [2.75, 3.05) is 19.5 Å². The molecular formula is C20H20ClNO5S. The molecule has 0 aromatic heterocycles. The smallest absolute Gasteiger partial charge is 0.337 e. The lowest BCUT2D eigenvalue weighted by Gasteiger charge is -2.16. The van der Waals surface area contributed by atoms with E-state index in [-0.39, 0.29) is 22.3 Å². The third-order valence-electron chi connectivity index (χ3n) is 3.80. The number of methoxy groups -OCH3 is 2. The standard InChI is InChI=1S/C20H20ClNO5S/c1-4-17(28-16-7-5-14(21)6-8-16)18(23)22-15-10-12(19(24)26-2)9-13(11-15)20(25)27-3/h5-11,17H,4H2,1-3H3,(H,22,23)/t17-/m1/s1. The maximum absolute atomic E-state index is 12.7. The fourth-order valence-corrected chi connectivity index (χ4v) is 3.47. The van der Waals surface area contributed by atoms with Crippen molar-refractivity contribution in [1.29, 1.82) is 0 Å². The van der Waals surface area contributed by atoms with Gasteiger partial charge < -0.3 is 14.8 Å². The first-order valence-corrected chi connectivity index (χ1v) is 9.68. The van der Waals surface area contributed by atoms with E-state index < -0.39 is 11.9 Å². The summed E-state index contributed by atoms with van der Waals surface area (Å²) in [5, 5.41) is 3.01. The number of thioether (sulfide) groups is 1. The zero-order valence-corrected chi connectivity index (χ0v) is 17.2. The molecular weight excluding hydrogens is 402 g/mol. The van der Waals surface area contributed by atoms with Crippen LogP contribution in [0.15, 0.2) is 47.4 Å². The minimum atomic E-state index is -0.621. The summed E-state index contributed by atoms with van der Waals surface area (Å²) in [6.45, 7) is 1.90. The number of rotatable bonds is 7. The molecule has 2 rings (SSSR count). The van der Waals surface area contributed by atoms with Crippen molar-refractivity contribution >= 4 is 46.9 Å². The largest absolute Gasteiger partial charge is 0.465 e. The summed E-state index contributed by atoms with van der Waals surface area (Å²) in [6, 6.07) is 11.5. The van der Waals surface area contributed by atoms with Gasteiger partial charge in [0.1, 0.15) is 0 Å². The Bertz CT molecular complexity index is 835. The van der Waals surface area contributed by atoms with Gasteiger partial charge in [-0.3, -0.25) is 4.79 Å². The number of nitrogens with one attached hydrogen (secondary N) is 1. The first-order chi connectivity index (χ1) is 13.4. The fourth-order valence-electron chi connectivity index (χ4n) is 2.39. The van der Waals surface area contributed by atoms with E-state index in [2.05, 4.69) is 5.32 Å². The first kappa shape index (κ1) is 21.8. The molecule has 0 radical (unpaired) electrons. The van der Waals surface area contributed by atoms with Crippen molar-refractivity contribution in [2.45, 2.75) is 23.5 Å². The highest BCUT2D eigenvalue weighted by atomic mass is 35.5. The van der Waals surface area contributed by atoms with E-state index in [1.165, 1.54) is 44.2 Å². The molecule has 0 spiro atoms. The average Bonchev–Trinajstić information content (AvgIpc) is 2.71. The minimum absolute atomic E-state index is 0.138. The lowest BCUT2D eigenvalue weighted by atomic mass is 10.1. The molecule has 148 valence electrons. The summed E-state index contributed by atoms with van der Waals surface area (Å²) in [5.74, 6) is -1.49. The monoisotopic (exact) mass is 421 g/mol. The van der Waals surface area contributed by atoms with Gasteiger partial charge >= 0.3 is 11.9 Å². The van der Waals surface area contributed by atoms with Gasteiger partial charge in [-0.25, -0.2) is 9.59 Å². The summed E-state index contributed by atoms with van der Waals surface area (Å²) >= 11 is 7.29. The number of hydrogen-bond donors (Lipinski definition) is 1. The number of esters is 2. The molecule has 8 heteroatoms. The number of ether oxygens (including phenoxy) is 2. The second-order valence-electron chi connectivity index (χ2n) is 5.74. The van der Waals surface area contributed by atoms with E-state index in [1.807, 2.05) is 19.1 Å². The normalized spacial score (nSPS) is 11.4. The maximum Gasteiger partial charge on any atom is 0.337 e. The van der Waals surface area contributed by atoms with Crippen LogP contribution in [-0.4, -0.2) is 37.3 Å². The quantitative estimate of drug-likeness (QED) is 0.526. The van der Waals surface area contributed by atoms with Crippen molar-refractivity contribution in [3.8, 4) is 0 Å². The SMILES string of the molecule is CC[C@@H](Sc1ccc(Cl)cc1)C(=O)Nc1cc(C(=O)OC)cc(C(=O)OC)c1. The fraction of sp³-hybridized carbons (Fsp3) is 0.250. The molecule has 2 aromatic rings. The van der Waals surface area contributed by atoms with E-state index in [1.54, 1.807) is 12.1 Å². The van der Waals surface area contributed by atoms with Crippen molar-refractivity contribution in [2.24, 2.45) is 0 Å². The Labute approximate surface area is 172 Å². The molecule has 1 N–H and O–H groups in total. The summed E-state index contributed by atoms with van der Waals surface area (Å²) < 4.78 is 9.41. The maximum atomic E-state index is 12.7. The van der Waals surface area contributed by atoms with Crippen LogP contribution in [0.5, 0.6) is 0 Å². The molecule has 0 unspecified atom stereocenters. The molecule has 0 bridgehead atoms. The van der Waals surface area contributed by atoms with Crippen LogP contribution in [0.3, 0.4) is 0 Å². The molecule has 28 heavy (non-hydrogen) atoms. The number of anilines is 1. The zero-order valence-electron chi connectivity index (χ0n) is 15.7. The molecule has 0 heterocycles. The minimum Gasteiger partial charge on any atom is -0.465 e. The molecule has 0 aliphatic heterocycles. The van der Waals surface area contributed by atoms with Gasteiger partial charge in [-0.15, -0.1) is 11.8 Å². The summed E-state index contributed by atoms with van der Waals surface area (Å²) in [6.07, 6.45) is 0.583. The van der Waals surface area contributed by atoms with Gasteiger partial charge in [-0.1, -0.05) is 18.5 Å². The molecule has 0 saturated carbocycles. The van der Waals surface area contributed by atoms with Crippen LogP contribution >= 0.6 is 23.4 Å². The predicted octanol–water partition coefficient (Wildman–Crippen LogP) is 4.42. The Hall–Kier alpha value is -2.51. The lowest BCUT2D eigenvalue weighted by Crippen LogP contribution is -2.25. The van der Waals surface area contributed by atoms with Crippen LogP contribution in [0.1, 0.15) is 34.1 Å². The number of carbonyl (C=O) groups is 3. The Morgan fingerprint density at radius 1 is 1.00 bits per heavy atom. The van der Waals surface area contributed by atoms with Crippen molar-refractivity contribution < 1.29 is 23.9 Å². The second kappa shape index (κ2) is 10.1. The summed E-state index contributed by atoms with van der Waals surface area (Å²) in [5.41, 5.74) is 0.585. The summed E-state index contributed by atoms with van der Waals surface area (Å²) in [4.78, 5) is 37.4. The first-order valence-electron chi connectivity index (χ1n) is 8.42. The third kappa shape index (κ3) is 5.74. The van der Waals surface area contributed by atoms with E-state index in [9.17, 15) is 14.4 Å². The van der Waals surface area contributed by atoms with E-state index >= 15 is 0 Å². The van der Waals surface area contributed by atoms with Crippen LogP contribution < -0.4 is 5.32 Å². The van der Waals surface area contributed by atoms with Crippen LogP contribution in [0.4, 0.5) is 5.69 Å². The lowest BCUT2D eigenvalue weighted by molar-refractivity contribution is -0.115. The van der Waals surface area contributed by atoms with E-state index in [0.717, 1.165) is 4.90 Å². The number of carbonyl (C=O) groups excluding carboxylic acids is 3. The Kier molecular flexibility index (Phi) is 7.90. The van der Waals surface area contributed by atoms with Crippen LogP contribution in [0.2, 0.25) is 5.02 Å². The third-order valence-corrected chi connectivity index (χ3v) is 5.43. The van der Waals surface area contributed by atoms with Gasteiger partial charge in [0.15, 0.2) is 0 Å². The van der Waals surface area contributed by atoms with Gasteiger partial charge in [0.05, 0.1) is 30.6 Å². The van der Waals surface area contributed by atoms with Gasteiger partial charge in [0.25, 0.3) is 0 Å². The molecule has 0 saturated heterocycles. The summed E-state index contributed by atoms with van der Waals surface area (Å²) in [7, 11) is 2.47. The number of amides is 1. The molecule has 0 aliphatic carbocycles. The highest BCUT2D eigenvalue weighted by Gasteiger charge is 2.20. The van der Waals surface area contributed by atoms with Crippen molar-refractivity contribution in [3.63, 3.8) is 0 Å². The molecule has 0 fully saturated rings. The number of halogens is 1. The zero-order chi connectivity index (χ0) is 20.7. The van der Waals surface area contributed by atoms with E-state index in [4.69, 9.17) is 21.1 Å². The van der Waals surface area contributed by atoms with Crippen molar-refractivity contribution in [1.82, 2.24) is 0 Å². The molecule has 1 amide bonds. The van der Waals surface area contributed by atoms with Crippen LogP contribution in [0, 0.1) is 0 Å². The predicted molar refractivity (Wildman–Crippen MR) is 109 cm³/mol. The van der Waals surface area contributed by atoms with Gasteiger partial charge in [0.2, 0.25) is 5.91 Å². The van der Waals surface area contributed by atoms with Gasteiger partial charge in [-0.2, -0.15) is 0 Å². The van der Waals surface area contributed by atoms with Crippen LogP contribution in [0.25, 0.3) is 0 Å². The molecule has 1 atom stereocenters. The highest BCUT2D eigenvalue weighted by Crippen LogP contribution is 2.28.